The van der Waals surface area contributed by atoms with Crippen molar-refractivity contribution in [1.29, 1.82) is 0 Å². The Kier molecular flexibility index (Phi) is 7.12. The van der Waals surface area contributed by atoms with Gasteiger partial charge in [-0.05, 0) is 25.0 Å². The number of amides is 2. The van der Waals surface area contributed by atoms with Crippen LogP contribution in [0.2, 0.25) is 0 Å². The Morgan fingerprint density at radius 1 is 0.821 bits per heavy atom. The van der Waals surface area contributed by atoms with Crippen LogP contribution in [0.4, 0.5) is 0 Å². The van der Waals surface area contributed by atoms with Crippen molar-refractivity contribution in [1.82, 2.24) is 14.7 Å². The van der Waals surface area contributed by atoms with E-state index in [0.717, 1.165) is 32.2 Å². The Labute approximate surface area is 173 Å². The van der Waals surface area contributed by atoms with Gasteiger partial charge in [0.05, 0.1) is 24.2 Å². The molecule has 6 heteroatoms. The lowest BCUT2D eigenvalue weighted by Crippen LogP contribution is -3.00. The first-order chi connectivity index (χ1) is 13.2. The lowest BCUT2D eigenvalue weighted by Gasteiger charge is -2.40. The summed E-state index contributed by atoms with van der Waals surface area (Å²) in [6.07, 6.45) is 6.89. The lowest BCUT2D eigenvalue weighted by molar-refractivity contribution is -0.0000282. The number of hydrogen-bond donors (Lipinski definition) is 0. The first kappa shape index (κ1) is 20.9. The van der Waals surface area contributed by atoms with Crippen LogP contribution in [0.3, 0.4) is 0 Å². The third kappa shape index (κ3) is 4.41. The molecule has 0 aromatic heterocycles. The van der Waals surface area contributed by atoms with E-state index in [1.54, 1.807) is 24.3 Å². The number of rotatable bonds is 3. The maximum atomic E-state index is 12.3. The van der Waals surface area contributed by atoms with Crippen molar-refractivity contribution in [3.05, 3.63) is 35.4 Å². The summed E-state index contributed by atoms with van der Waals surface area (Å²) < 4.78 is 0. The monoisotopic (exact) mass is 400 g/mol. The van der Waals surface area contributed by atoms with Crippen LogP contribution >= 0.6 is 0 Å². The van der Waals surface area contributed by atoms with E-state index in [9.17, 15) is 9.59 Å². The van der Waals surface area contributed by atoms with E-state index >= 15 is 0 Å². The van der Waals surface area contributed by atoms with Gasteiger partial charge < -0.3 is 12.4 Å². The van der Waals surface area contributed by atoms with Crippen LogP contribution in [0.5, 0.6) is 0 Å². The number of hydrogen-bond acceptors (Lipinski definition) is 4. The van der Waals surface area contributed by atoms with Crippen molar-refractivity contribution in [3.63, 3.8) is 0 Å². The molecule has 0 N–H and O–H groups in total. The van der Waals surface area contributed by atoms with Gasteiger partial charge in [0, 0.05) is 32.2 Å². The highest BCUT2D eigenvalue weighted by Crippen LogP contribution is 2.23. The van der Waals surface area contributed by atoms with Gasteiger partial charge in [-0.2, -0.15) is 0 Å². The third-order valence-electron chi connectivity index (χ3n) is 6.04. The number of piperazine rings is 1. The number of carbonyl (C=O) groups is 2. The molecule has 1 saturated carbocycles. The molecule has 2 heterocycles. The first-order valence-corrected chi connectivity index (χ1v) is 10.1. The van der Waals surface area contributed by atoms with Gasteiger partial charge >= 0.3 is 0 Å². The fourth-order valence-electron chi connectivity index (χ4n) is 4.42. The van der Waals surface area contributed by atoms with Gasteiger partial charge in [0.1, 0.15) is 0 Å². The summed E-state index contributed by atoms with van der Waals surface area (Å²) in [5.41, 5.74) is 0.978. The number of nitrogens with zero attached hydrogens (tertiary/aromatic N) is 3. The van der Waals surface area contributed by atoms with Crippen LogP contribution < -0.4 is 12.4 Å². The Hall–Kier alpha value is -1.87. The molecule has 1 saturated heterocycles. The summed E-state index contributed by atoms with van der Waals surface area (Å²) in [6, 6.07) is 7.77. The lowest BCUT2D eigenvalue weighted by atomic mass is 9.94. The molecule has 2 amide bonds. The smallest absolute Gasteiger partial charge is 0.262 e. The predicted octanol–water partition coefficient (Wildman–Crippen LogP) is -0.760. The fourth-order valence-corrected chi connectivity index (χ4v) is 4.42. The average molecular weight is 401 g/mol. The molecule has 2 fully saturated rings. The molecular weight excluding hydrogens is 374 g/mol. The van der Waals surface area contributed by atoms with Gasteiger partial charge in [-0.25, -0.2) is 0 Å². The van der Waals surface area contributed by atoms with Gasteiger partial charge in [0.2, 0.25) is 0 Å². The Bertz CT molecular complexity index is 736. The molecule has 150 valence electrons. The van der Waals surface area contributed by atoms with E-state index in [1.165, 1.54) is 37.0 Å². The quantitative estimate of drug-likeness (QED) is 0.494. The minimum absolute atomic E-state index is 0. The van der Waals surface area contributed by atoms with Crippen molar-refractivity contribution in [2.45, 2.75) is 38.1 Å². The Morgan fingerprint density at radius 3 is 2.00 bits per heavy atom. The van der Waals surface area contributed by atoms with E-state index in [-0.39, 0.29) is 30.8 Å². The Balaban J connectivity index is 0.00000225. The van der Waals surface area contributed by atoms with Gasteiger partial charge in [0.15, 0.2) is 0 Å². The molecule has 0 atom stereocenters. The largest absolute Gasteiger partial charge is 1.00 e. The molecule has 1 aromatic rings. The molecule has 0 spiro atoms. The van der Waals surface area contributed by atoms with Gasteiger partial charge in [-0.15, -0.1) is 0 Å². The summed E-state index contributed by atoms with van der Waals surface area (Å²) in [6.45, 7) is 5.25. The first-order valence-electron chi connectivity index (χ1n) is 10.1. The minimum Gasteiger partial charge on any atom is -1.00 e. The van der Waals surface area contributed by atoms with Crippen molar-refractivity contribution in [3.8, 4) is 11.8 Å². The third-order valence-corrected chi connectivity index (χ3v) is 6.04. The van der Waals surface area contributed by atoms with Crippen molar-refractivity contribution < 1.29 is 22.0 Å². The average Bonchev–Trinajstić information content (AvgIpc) is 2.97. The van der Waals surface area contributed by atoms with E-state index in [1.807, 2.05) is 0 Å². The fraction of sp³-hybridized carbons (Fsp3) is 0.545. The second kappa shape index (κ2) is 9.56. The van der Waals surface area contributed by atoms with Crippen LogP contribution in [0.25, 0.3) is 0 Å². The standard InChI is InChI=1S/C22H27N3O2.ClH/c26-21-19-10-4-5-11-20(19)22(27)25(21)13-7-6-12-23-14-16-24(17-15-23)18-8-2-1-3-9-18;/h4-5,10-11,18H,1-3,8-9,12-17H2;1H/p-1. The summed E-state index contributed by atoms with van der Waals surface area (Å²) in [5.74, 6) is 5.72. The molecular formula is C22H27ClN3O2-. The number of fused-ring (bicyclic) bond motifs is 1. The zero-order valence-corrected chi connectivity index (χ0v) is 17.0. The molecule has 5 nitrogen and oxygen atoms in total. The van der Waals surface area contributed by atoms with Gasteiger partial charge in [-0.1, -0.05) is 43.2 Å². The van der Waals surface area contributed by atoms with Crippen LogP contribution in [-0.4, -0.2) is 71.8 Å². The molecule has 2 aliphatic heterocycles. The van der Waals surface area contributed by atoms with Crippen molar-refractivity contribution in [2.75, 3.05) is 39.3 Å². The molecule has 0 bridgehead atoms. The zero-order chi connectivity index (χ0) is 18.6. The minimum atomic E-state index is -0.231. The van der Waals surface area contributed by atoms with Gasteiger partial charge in [-0.3, -0.25) is 24.3 Å². The van der Waals surface area contributed by atoms with Crippen molar-refractivity contribution in [2.24, 2.45) is 0 Å². The summed E-state index contributed by atoms with van der Waals surface area (Å²) >= 11 is 0. The van der Waals surface area contributed by atoms with Crippen molar-refractivity contribution >= 4 is 11.8 Å². The molecule has 1 aromatic carbocycles. The van der Waals surface area contributed by atoms with Gasteiger partial charge in [0.25, 0.3) is 11.8 Å². The summed E-state index contributed by atoms with van der Waals surface area (Å²) in [4.78, 5) is 30.9. The van der Waals surface area contributed by atoms with E-state index < -0.39 is 0 Å². The van der Waals surface area contributed by atoms with Crippen LogP contribution in [0.15, 0.2) is 24.3 Å². The zero-order valence-electron chi connectivity index (χ0n) is 16.2. The van der Waals surface area contributed by atoms with Crippen LogP contribution in [-0.2, 0) is 0 Å². The molecule has 0 radical (unpaired) electrons. The maximum Gasteiger partial charge on any atom is 0.262 e. The molecule has 1 aliphatic carbocycles. The predicted molar refractivity (Wildman–Crippen MR) is 104 cm³/mol. The number of halogens is 1. The SMILES string of the molecule is O=C1c2ccccc2C(=O)N1CC#CCN1CCN(C2CCCCC2)CC1.[Cl-]. The summed E-state index contributed by atoms with van der Waals surface area (Å²) in [5, 5.41) is 0. The van der Waals surface area contributed by atoms with E-state index in [4.69, 9.17) is 0 Å². The number of benzene rings is 1. The topological polar surface area (TPSA) is 43.9 Å². The highest BCUT2D eigenvalue weighted by molar-refractivity contribution is 6.21. The second-order valence-corrected chi connectivity index (χ2v) is 7.70. The number of imide groups is 1. The Morgan fingerprint density at radius 2 is 1.39 bits per heavy atom. The normalized spacial score (nSPS) is 21.1. The number of carbonyl (C=O) groups excluding carboxylic acids is 2. The molecule has 3 aliphatic rings. The molecule has 4 rings (SSSR count). The van der Waals surface area contributed by atoms with Crippen LogP contribution in [0, 0.1) is 11.8 Å². The van der Waals surface area contributed by atoms with E-state index in [0.29, 0.717) is 17.7 Å². The van der Waals surface area contributed by atoms with Crippen LogP contribution in [0.1, 0.15) is 52.8 Å². The maximum absolute atomic E-state index is 12.3. The molecule has 28 heavy (non-hydrogen) atoms. The highest BCUT2D eigenvalue weighted by Gasteiger charge is 2.34. The highest BCUT2D eigenvalue weighted by atomic mass is 35.5. The summed E-state index contributed by atoms with van der Waals surface area (Å²) in [7, 11) is 0. The van der Waals surface area contributed by atoms with E-state index in [2.05, 4.69) is 21.6 Å². The second-order valence-electron chi connectivity index (χ2n) is 7.70. The molecule has 0 unspecified atom stereocenters.